The molecule has 3 nitrogen and oxygen atoms in total. The smallest absolute Gasteiger partial charge is 0.123 e. The second kappa shape index (κ2) is 7.01. The number of anilines is 1. The zero-order valence-corrected chi connectivity index (χ0v) is 15.7. The first kappa shape index (κ1) is 17.7. The Bertz CT molecular complexity index is 556. The van der Waals surface area contributed by atoms with Crippen molar-refractivity contribution >= 4 is 5.69 Å². The Kier molecular flexibility index (Phi) is 5.16. The van der Waals surface area contributed by atoms with E-state index in [0.717, 1.165) is 37.7 Å². The van der Waals surface area contributed by atoms with Crippen LogP contribution in [0.2, 0.25) is 0 Å². The molecule has 2 aliphatic rings. The summed E-state index contributed by atoms with van der Waals surface area (Å²) in [7, 11) is 6.32. The van der Waals surface area contributed by atoms with Gasteiger partial charge in [-0.15, -0.1) is 0 Å². The Hall–Kier alpha value is -1.13. The fourth-order valence-electron chi connectivity index (χ4n) is 4.39. The molecule has 0 spiro atoms. The summed E-state index contributed by atoms with van der Waals surface area (Å²) in [5.74, 6) is -0.116. The summed E-state index contributed by atoms with van der Waals surface area (Å²) in [4.78, 5) is 7.23. The van der Waals surface area contributed by atoms with Gasteiger partial charge in [0.2, 0.25) is 0 Å². The summed E-state index contributed by atoms with van der Waals surface area (Å²) in [5, 5.41) is 0. The molecule has 2 aliphatic heterocycles. The molecular formula is C20H32FN3. The molecule has 0 N–H and O–H groups in total. The van der Waals surface area contributed by atoms with Gasteiger partial charge in [-0.1, -0.05) is 6.92 Å². The second-order valence-corrected chi connectivity index (χ2v) is 8.19. The number of nitrogens with zero attached hydrogens (tertiary/aromatic N) is 3. The number of benzene rings is 1. The molecule has 3 rings (SSSR count). The minimum atomic E-state index is -0.116. The third kappa shape index (κ3) is 3.60. The van der Waals surface area contributed by atoms with Gasteiger partial charge in [0.1, 0.15) is 5.82 Å². The van der Waals surface area contributed by atoms with E-state index in [-0.39, 0.29) is 11.2 Å². The molecule has 0 aliphatic carbocycles. The number of hydrogen-bond donors (Lipinski definition) is 0. The molecule has 0 radical (unpaired) electrons. The molecule has 0 unspecified atom stereocenters. The lowest BCUT2D eigenvalue weighted by Gasteiger charge is -2.45. The van der Waals surface area contributed by atoms with Crippen molar-refractivity contribution in [1.82, 2.24) is 9.80 Å². The Labute approximate surface area is 146 Å². The van der Waals surface area contributed by atoms with Crippen LogP contribution in [0.15, 0.2) is 18.2 Å². The Morgan fingerprint density at radius 1 is 1.08 bits per heavy atom. The number of hydrogen-bond acceptors (Lipinski definition) is 3. The molecule has 0 amide bonds. The van der Waals surface area contributed by atoms with Crippen molar-refractivity contribution in [2.75, 3.05) is 52.2 Å². The fourth-order valence-corrected chi connectivity index (χ4v) is 4.39. The molecule has 2 fully saturated rings. The zero-order valence-electron chi connectivity index (χ0n) is 15.7. The third-order valence-electron chi connectivity index (χ3n) is 6.20. The molecule has 2 saturated heterocycles. The Morgan fingerprint density at radius 3 is 2.29 bits per heavy atom. The van der Waals surface area contributed by atoms with Crippen LogP contribution in [0.1, 0.15) is 38.2 Å². The summed E-state index contributed by atoms with van der Waals surface area (Å²) < 4.78 is 13.9. The summed E-state index contributed by atoms with van der Waals surface area (Å²) >= 11 is 0. The lowest BCUT2D eigenvalue weighted by Crippen LogP contribution is -2.49. The standard InChI is InChI=1S/C20H32FN3/c1-20(18-15-16(21)5-6-19(18)22(2)3)9-13-24(14-10-20)17-7-11-23(4)12-8-17/h5-6,15,17H,7-14H2,1-4H3. The van der Waals surface area contributed by atoms with Crippen molar-refractivity contribution in [3.63, 3.8) is 0 Å². The van der Waals surface area contributed by atoms with Gasteiger partial charge in [0.25, 0.3) is 0 Å². The van der Waals surface area contributed by atoms with E-state index in [9.17, 15) is 4.39 Å². The molecular weight excluding hydrogens is 301 g/mol. The van der Waals surface area contributed by atoms with Gasteiger partial charge in [0, 0.05) is 25.8 Å². The number of rotatable bonds is 3. The van der Waals surface area contributed by atoms with E-state index in [0.29, 0.717) is 0 Å². The molecule has 4 heteroatoms. The predicted octanol–water partition coefficient (Wildman–Crippen LogP) is 3.34. The average Bonchev–Trinajstić information content (AvgIpc) is 2.56. The highest BCUT2D eigenvalue weighted by atomic mass is 19.1. The molecule has 0 atom stereocenters. The predicted molar refractivity (Wildman–Crippen MR) is 99.4 cm³/mol. The van der Waals surface area contributed by atoms with Crippen LogP contribution in [-0.4, -0.2) is 63.2 Å². The van der Waals surface area contributed by atoms with Crippen molar-refractivity contribution in [2.45, 2.75) is 44.1 Å². The van der Waals surface area contributed by atoms with Crippen molar-refractivity contribution < 1.29 is 4.39 Å². The van der Waals surface area contributed by atoms with Crippen LogP contribution in [0.25, 0.3) is 0 Å². The maximum Gasteiger partial charge on any atom is 0.123 e. The monoisotopic (exact) mass is 333 g/mol. The summed E-state index contributed by atoms with van der Waals surface area (Å²) in [6.07, 6.45) is 4.81. The van der Waals surface area contributed by atoms with Gasteiger partial charge >= 0.3 is 0 Å². The van der Waals surface area contributed by atoms with Crippen LogP contribution in [0, 0.1) is 5.82 Å². The van der Waals surface area contributed by atoms with Crippen LogP contribution in [0.4, 0.5) is 10.1 Å². The van der Waals surface area contributed by atoms with Crippen molar-refractivity contribution in [2.24, 2.45) is 0 Å². The Morgan fingerprint density at radius 2 is 1.71 bits per heavy atom. The van der Waals surface area contributed by atoms with Crippen LogP contribution in [0.5, 0.6) is 0 Å². The molecule has 1 aromatic rings. The molecule has 0 bridgehead atoms. The summed E-state index contributed by atoms with van der Waals surface area (Å²) in [6, 6.07) is 6.02. The Balaban J connectivity index is 1.72. The van der Waals surface area contributed by atoms with Gasteiger partial charge in [0.05, 0.1) is 0 Å². The molecule has 1 aromatic carbocycles. The quantitative estimate of drug-likeness (QED) is 0.840. The molecule has 0 saturated carbocycles. The summed E-state index contributed by atoms with van der Waals surface area (Å²) in [5.41, 5.74) is 2.41. The van der Waals surface area contributed by atoms with E-state index >= 15 is 0 Å². The van der Waals surface area contributed by atoms with E-state index in [2.05, 4.69) is 28.7 Å². The van der Waals surface area contributed by atoms with Gasteiger partial charge in [0.15, 0.2) is 0 Å². The topological polar surface area (TPSA) is 9.72 Å². The van der Waals surface area contributed by atoms with Crippen molar-refractivity contribution in [1.29, 1.82) is 0 Å². The van der Waals surface area contributed by atoms with E-state index in [4.69, 9.17) is 0 Å². The third-order valence-corrected chi connectivity index (χ3v) is 6.20. The van der Waals surface area contributed by atoms with Crippen LogP contribution in [-0.2, 0) is 5.41 Å². The average molecular weight is 333 g/mol. The van der Waals surface area contributed by atoms with Gasteiger partial charge in [-0.05, 0) is 88.1 Å². The van der Waals surface area contributed by atoms with Gasteiger partial charge < -0.3 is 14.7 Å². The van der Waals surface area contributed by atoms with Crippen molar-refractivity contribution in [3.05, 3.63) is 29.6 Å². The molecule has 24 heavy (non-hydrogen) atoms. The number of halogens is 1. The second-order valence-electron chi connectivity index (χ2n) is 8.19. The molecule has 0 aromatic heterocycles. The van der Waals surface area contributed by atoms with Gasteiger partial charge in [-0.25, -0.2) is 4.39 Å². The first-order chi connectivity index (χ1) is 11.4. The van der Waals surface area contributed by atoms with E-state index in [1.54, 1.807) is 12.1 Å². The van der Waals surface area contributed by atoms with Crippen molar-refractivity contribution in [3.8, 4) is 0 Å². The first-order valence-electron chi connectivity index (χ1n) is 9.29. The summed E-state index contributed by atoms with van der Waals surface area (Å²) in [6.45, 7) is 7.02. The van der Waals surface area contributed by atoms with Crippen LogP contribution < -0.4 is 4.90 Å². The van der Waals surface area contributed by atoms with E-state index in [1.165, 1.54) is 31.5 Å². The van der Waals surface area contributed by atoms with E-state index in [1.807, 2.05) is 20.2 Å². The highest BCUT2D eigenvalue weighted by Crippen LogP contribution is 2.41. The molecule has 134 valence electrons. The molecule has 2 heterocycles. The van der Waals surface area contributed by atoms with E-state index < -0.39 is 0 Å². The van der Waals surface area contributed by atoms with Crippen LogP contribution >= 0.6 is 0 Å². The number of piperidine rings is 2. The maximum atomic E-state index is 13.9. The maximum absolute atomic E-state index is 13.9. The fraction of sp³-hybridized carbons (Fsp3) is 0.700. The SMILES string of the molecule is CN1CCC(N2CCC(C)(c3cc(F)ccc3N(C)C)CC2)CC1. The number of likely N-dealkylation sites (tertiary alicyclic amines) is 2. The highest BCUT2D eigenvalue weighted by Gasteiger charge is 2.36. The van der Waals surface area contributed by atoms with Crippen LogP contribution in [0.3, 0.4) is 0 Å². The van der Waals surface area contributed by atoms with Gasteiger partial charge in [-0.2, -0.15) is 0 Å². The normalized spacial score (nSPS) is 23.4. The lowest BCUT2D eigenvalue weighted by atomic mass is 9.73. The first-order valence-corrected chi connectivity index (χ1v) is 9.29. The zero-order chi connectivity index (χ0) is 17.3. The minimum Gasteiger partial charge on any atom is -0.377 e. The highest BCUT2D eigenvalue weighted by molar-refractivity contribution is 5.56. The van der Waals surface area contributed by atoms with Gasteiger partial charge in [-0.3, -0.25) is 0 Å². The largest absolute Gasteiger partial charge is 0.377 e. The minimum absolute atomic E-state index is 0.0731. The lowest BCUT2D eigenvalue weighted by molar-refractivity contribution is 0.0790.